The number of nitrogens with two attached hydrogens (primary N) is 1. The maximum atomic E-state index is 14.3. The molecular weight excluding hydrogens is 1370 g/mol. The molecule has 5 rings (SSSR count). The number of aromatic amines is 1. The van der Waals surface area contributed by atoms with Crippen molar-refractivity contribution >= 4 is 70.9 Å². The Labute approximate surface area is 582 Å². The molecule has 11 amide bonds. The van der Waals surface area contributed by atoms with Crippen LogP contribution in [0.4, 0.5) is 0 Å². The molecule has 11 unspecified atom stereocenters. The number of ether oxygens (including phenoxy) is 6. The molecule has 1 aromatic rings. The second-order valence-electron chi connectivity index (χ2n) is 25.2. The minimum Gasteiger partial charge on any atom is -0.481 e. The SMILES string of the molecule is CNC(=O)[C@@H](NC(=O)[C@H](CC(=O)O)NC(=O)[C@@H]1CCCN1C(=O)[C@H](C)NC(=O)[C@H](CO)NC(=O)[C@@H](NC(=O)[C@@H](NC(=O)CNC(=O)[C@@H](N)Cc1cnc[nH]1)C(C)C)C(C)O)C(C)O[C@H]1OC(CO[C@@H]2OC(CO)[C@@H](O)C(O)C2NC(C)=O)[C@H](O)C(O[C@@H]2OC(CO)[C@H](O)C(O)C2O)C1NC(C)=O. The number of carbonyl (C=O) groups is 12. The van der Waals surface area contributed by atoms with E-state index < -0.39 is 269 Å². The number of aliphatic hydroxyl groups is 10. The largest absolute Gasteiger partial charge is 0.481 e. The van der Waals surface area contributed by atoms with Crippen LogP contribution in [0.2, 0.25) is 0 Å². The molecule has 43 nitrogen and oxygen atoms in total. The van der Waals surface area contributed by atoms with Crippen molar-refractivity contribution in [2.45, 2.75) is 227 Å². The highest BCUT2D eigenvalue weighted by atomic mass is 16.7. The van der Waals surface area contributed by atoms with Gasteiger partial charge in [0.2, 0.25) is 65.0 Å². The fourth-order valence-corrected chi connectivity index (χ4v) is 11.4. The number of nitrogens with one attached hydrogen (secondary N) is 11. The highest BCUT2D eigenvalue weighted by molar-refractivity contribution is 5.99. The molecule has 4 aliphatic rings. The van der Waals surface area contributed by atoms with Crippen LogP contribution < -0.4 is 58.9 Å². The van der Waals surface area contributed by atoms with E-state index in [1.54, 1.807) is 13.8 Å². The molecule has 25 atom stereocenters. The van der Waals surface area contributed by atoms with E-state index in [4.69, 9.17) is 34.2 Å². The van der Waals surface area contributed by atoms with Crippen molar-refractivity contribution in [1.82, 2.24) is 68.0 Å². The minimum atomic E-state index is -2.13. The number of likely N-dealkylation sites (tertiary alicyclic amines) is 1. The molecule has 0 aliphatic carbocycles. The van der Waals surface area contributed by atoms with Gasteiger partial charge in [0.05, 0.1) is 64.0 Å². The number of carbonyl (C=O) groups excluding carboxylic acids is 11. The van der Waals surface area contributed by atoms with E-state index in [2.05, 4.69) is 63.1 Å². The number of hydrogen-bond donors (Lipinski definition) is 23. The number of carboxylic acids is 1. The first-order valence-corrected chi connectivity index (χ1v) is 32.6. The summed E-state index contributed by atoms with van der Waals surface area (Å²) in [6.07, 6.45) is -25.9. The van der Waals surface area contributed by atoms with Gasteiger partial charge in [-0.05, 0) is 39.5 Å². The Morgan fingerprint density at radius 1 is 0.667 bits per heavy atom. The number of imidazole rings is 1. The molecule has 0 radical (unpaired) electrons. The molecule has 4 aliphatic heterocycles. The fourth-order valence-electron chi connectivity index (χ4n) is 11.4. The first kappa shape index (κ1) is 84.8. The number of aliphatic hydroxyl groups excluding tert-OH is 10. The summed E-state index contributed by atoms with van der Waals surface area (Å²) in [6.45, 7) is 4.03. The minimum absolute atomic E-state index is 0.0716. The normalized spacial score (nSPS) is 29.1. The summed E-state index contributed by atoms with van der Waals surface area (Å²) in [6, 6.07) is -16.4. The molecule has 0 bridgehead atoms. The molecular formula is C59H96N14O29. The van der Waals surface area contributed by atoms with Crippen molar-refractivity contribution in [1.29, 1.82) is 0 Å². The van der Waals surface area contributed by atoms with Crippen molar-refractivity contribution in [2.24, 2.45) is 11.7 Å². The smallest absolute Gasteiger partial charge is 0.305 e. The molecule has 102 heavy (non-hydrogen) atoms. The number of aromatic nitrogens is 2. The lowest BCUT2D eigenvalue weighted by atomic mass is 9.94. The predicted molar refractivity (Wildman–Crippen MR) is 338 cm³/mol. The first-order chi connectivity index (χ1) is 48.0. The third-order valence-electron chi connectivity index (χ3n) is 17.0. The quantitative estimate of drug-likeness (QED) is 0.0300. The first-order valence-electron chi connectivity index (χ1n) is 32.6. The third-order valence-corrected chi connectivity index (χ3v) is 17.0. The second-order valence-corrected chi connectivity index (χ2v) is 25.2. The van der Waals surface area contributed by atoms with Gasteiger partial charge in [0.1, 0.15) is 115 Å². The number of aliphatic carboxylic acids is 1. The van der Waals surface area contributed by atoms with Gasteiger partial charge in [-0.2, -0.15) is 0 Å². The Bertz CT molecular complexity index is 3030. The Balaban J connectivity index is 1.29. The summed E-state index contributed by atoms with van der Waals surface area (Å²) in [4.78, 5) is 168. The summed E-state index contributed by atoms with van der Waals surface area (Å²) in [5, 5.41) is 140. The van der Waals surface area contributed by atoms with Gasteiger partial charge in [0.15, 0.2) is 18.9 Å². The molecule has 576 valence electrons. The van der Waals surface area contributed by atoms with Crippen LogP contribution in [0.5, 0.6) is 0 Å². The van der Waals surface area contributed by atoms with Gasteiger partial charge in [-0.15, -0.1) is 0 Å². The van der Waals surface area contributed by atoms with Gasteiger partial charge >= 0.3 is 5.97 Å². The van der Waals surface area contributed by atoms with Crippen LogP contribution in [0.1, 0.15) is 73.4 Å². The van der Waals surface area contributed by atoms with E-state index in [-0.39, 0.29) is 25.8 Å². The third kappa shape index (κ3) is 22.8. The van der Waals surface area contributed by atoms with E-state index in [1.165, 1.54) is 19.4 Å². The summed E-state index contributed by atoms with van der Waals surface area (Å²) in [5.74, 6) is -13.3. The number of rotatable bonds is 35. The summed E-state index contributed by atoms with van der Waals surface area (Å²) in [7, 11) is 1.12. The van der Waals surface area contributed by atoms with Crippen LogP contribution in [0.15, 0.2) is 12.5 Å². The maximum absolute atomic E-state index is 14.3. The Hall–Kier alpha value is -7.83. The van der Waals surface area contributed by atoms with Crippen molar-refractivity contribution < 1.29 is 142 Å². The maximum Gasteiger partial charge on any atom is 0.305 e. The highest BCUT2D eigenvalue weighted by Crippen LogP contribution is 2.32. The Morgan fingerprint density at radius 2 is 1.25 bits per heavy atom. The summed E-state index contributed by atoms with van der Waals surface area (Å²) < 4.78 is 35.4. The summed E-state index contributed by atoms with van der Waals surface area (Å²) in [5.41, 5.74) is 6.47. The van der Waals surface area contributed by atoms with E-state index in [1.807, 2.05) is 0 Å². The molecule has 24 N–H and O–H groups in total. The average Bonchev–Trinajstić information content (AvgIpc) is 0.857. The molecule has 0 aromatic carbocycles. The predicted octanol–water partition coefficient (Wildman–Crippen LogP) is -13.3. The number of carboxylic acid groups (broad SMARTS) is 1. The van der Waals surface area contributed by atoms with Crippen LogP contribution >= 0.6 is 0 Å². The molecule has 0 saturated carbocycles. The number of H-pyrrole nitrogens is 1. The molecule has 0 spiro atoms. The van der Waals surface area contributed by atoms with Gasteiger partial charge in [-0.3, -0.25) is 57.5 Å². The van der Waals surface area contributed by atoms with Crippen LogP contribution in [0.25, 0.3) is 0 Å². The van der Waals surface area contributed by atoms with Gasteiger partial charge in [-0.25, -0.2) is 4.98 Å². The van der Waals surface area contributed by atoms with Gasteiger partial charge < -0.3 is 153 Å². The van der Waals surface area contributed by atoms with E-state index >= 15 is 0 Å². The van der Waals surface area contributed by atoms with E-state index in [0.29, 0.717) is 5.69 Å². The Morgan fingerprint density at radius 3 is 1.82 bits per heavy atom. The lowest BCUT2D eigenvalue weighted by Gasteiger charge is -2.48. The zero-order chi connectivity index (χ0) is 76.3. The lowest BCUT2D eigenvalue weighted by molar-refractivity contribution is -0.352. The van der Waals surface area contributed by atoms with Gasteiger partial charge in [0, 0.05) is 45.8 Å². The summed E-state index contributed by atoms with van der Waals surface area (Å²) >= 11 is 0. The zero-order valence-corrected chi connectivity index (χ0v) is 57.0. The second kappa shape index (κ2) is 39.2. The van der Waals surface area contributed by atoms with Crippen LogP contribution in [-0.2, 0) is 92.4 Å². The van der Waals surface area contributed by atoms with Crippen LogP contribution in [-0.4, -0.2) is 341 Å². The molecule has 5 heterocycles. The topological polar surface area (TPSA) is 661 Å². The van der Waals surface area contributed by atoms with Crippen molar-refractivity contribution in [3.8, 4) is 0 Å². The number of amides is 11. The van der Waals surface area contributed by atoms with E-state index in [0.717, 1.165) is 39.6 Å². The highest BCUT2D eigenvalue weighted by Gasteiger charge is 2.54. The van der Waals surface area contributed by atoms with Crippen molar-refractivity contribution in [3.05, 3.63) is 18.2 Å². The lowest BCUT2D eigenvalue weighted by Crippen LogP contribution is -2.69. The van der Waals surface area contributed by atoms with Crippen molar-refractivity contribution in [3.63, 3.8) is 0 Å². The zero-order valence-electron chi connectivity index (χ0n) is 57.0. The van der Waals surface area contributed by atoms with Gasteiger partial charge in [0.25, 0.3) is 0 Å². The molecule has 4 fully saturated rings. The van der Waals surface area contributed by atoms with Crippen LogP contribution in [0, 0.1) is 5.92 Å². The Kier molecular flexibility index (Phi) is 32.6. The van der Waals surface area contributed by atoms with Crippen molar-refractivity contribution in [2.75, 3.05) is 46.6 Å². The number of nitrogens with zero attached hydrogens (tertiary/aromatic N) is 2. The molecule has 43 heteroatoms. The van der Waals surface area contributed by atoms with E-state index in [9.17, 15) is 114 Å². The standard InChI is InChI=1S/C59H96N14O29/c1-21(2)37(70-35(80)15-63-49(89)28(60)12-27-14-62-20-64-27)54(94)71-38(23(4)77)55(95)69-30(16-74)51(91)65-22(3)56(96)73-11-9-10-31(73)52(92)68-29(13-36(81)82)50(90)72-39(53(93)61-8)24(5)98-58-41(67-26(7)79)48(102-59-47(88)46(87)43(84)33(18-76)100-59)44(85)34(101-58)19-97-57-40(66-25(6)78)45(86)42(83)32(17-75)99-57/h14,20-24,28-34,37-48,57-59,74-77,83-88H,9-13,15-19,60H2,1-8H3,(H,61,93)(H,62,64)(H,63,89)(H,65,91)(H,66,78)(H,67,79)(H,68,92)(H,69,95)(H,70,80)(H,71,94)(H,72,90)(H,81,82)/t22-,23?,24?,28-,29-,30-,31-,32?,33?,34?,37-,38-,39-,40?,41?,42+,43-,44-,45?,46?,47?,48?,57+,58-,59-/m0/s1. The van der Waals surface area contributed by atoms with Crippen LogP contribution in [0.3, 0.4) is 0 Å². The molecule has 1 aromatic heterocycles. The number of likely N-dealkylation sites (N-methyl/N-ethyl adjacent to an activating group) is 1. The molecule has 4 saturated heterocycles. The number of hydrogen-bond acceptors (Lipinski definition) is 30. The fraction of sp³-hybridized carbons (Fsp3) is 0.746. The van der Waals surface area contributed by atoms with Gasteiger partial charge in [-0.1, -0.05) is 13.8 Å². The average molecular weight is 1470 g/mol. The monoisotopic (exact) mass is 1460 g/mol.